The van der Waals surface area contributed by atoms with Crippen molar-refractivity contribution >= 4 is 0 Å². The molecule has 2 atom stereocenters. The van der Waals surface area contributed by atoms with Crippen LogP contribution in [0.5, 0.6) is 0 Å². The van der Waals surface area contributed by atoms with E-state index in [1.165, 1.54) is 12.8 Å². The van der Waals surface area contributed by atoms with Crippen molar-refractivity contribution < 1.29 is 4.74 Å². The number of ether oxygens (including phenoxy) is 1. The molecule has 1 aliphatic carbocycles. The molecule has 1 nitrogen and oxygen atoms in total. The highest BCUT2D eigenvalue weighted by molar-refractivity contribution is 4.96. The zero-order valence-corrected chi connectivity index (χ0v) is 5.55. The Bertz CT molecular complexity index is 115. The van der Waals surface area contributed by atoms with E-state index < -0.39 is 0 Å². The minimum Gasteiger partial charge on any atom is -0.381 e. The second-order valence-corrected chi connectivity index (χ2v) is 3.00. The Balaban J connectivity index is 2.07. The lowest BCUT2D eigenvalue weighted by Gasteiger charge is -2.17. The molecule has 0 aromatic carbocycles. The van der Waals surface area contributed by atoms with Gasteiger partial charge in [-0.3, -0.25) is 0 Å². The maximum absolute atomic E-state index is 5.35. The zero-order valence-electron chi connectivity index (χ0n) is 5.55. The van der Waals surface area contributed by atoms with Crippen LogP contribution in [0.3, 0.4) is 0 Å². The highest BCUT2D eigenvalue weighted by Crippen LogP contribution is 2.30. The molecule has 0 aromatic heterocycles. The van der Waals surface area contributed by atoms with E-state index in [1.807, 2.05) is 0 Å². The second kappa shape index (κ2) is 2.14. The summed E-state index contributed by atoms with van der Waals surface area (Å²) in [5.74, 6) is 1.71. The summed E-state index contributed by atoms with van der Waals surface area (Å²) in [7, 11) is 0. The van der Waals surface area contributed by atoms with Crippen molar-refractivity contribution in [3.8, 4) is 0 Å². The fraction of sp³-hybridized carbons (Fsp3) is 0.750. The third-order valence-corrected chi connectivity index (χ3v) is 2.37. The fourth-order valence-corrected chi connectivity index (χ4v) is 1.71. The van der Waals surface area contributed by atoms with E-state index in [-0.39, 0.29) is 0 Å². The molecule has 1 fully saturated rings. The predicted molar refractivity (Wildman–Crippen MR) is 36.2 cm³/mol. The Kier molecular flexibility index (Phi) is 1.31. The van der Waals surface area contributed by atoms with Crippen molar-refractivity contribution in [2.24, 2.45) is 11.8 Å². The Morgan fingerprint density at radius 3 is 2.11 bits per heavy atom. The average molecular weight is 124 g/mol. The van der Waals surface area contributed by atoms with Crippen LogP contribution in [0.15, 0.2) is 12.2 Å². The Hall–Kier alpha value is -0.300. The molecule has 0 aromatic rings. The van der Waals surface area contributed by atoms with Crippen molar-refractivity contribution in [1.29, 1.82) is 0 Å². The van der Waals surface area contributed by atoms with E-state index in [0.29, 0.717) is 0 Å². The molecule has 0 saturated carbocycles. The highest BCUT2D eigenvalue weighted by Gasteiger charge is 2.27. The van der Waals surface area contributed by atoms with E-state index in [9.17, 15) is 0 Å². The van der Waals surface area contributed by atoms with Gasteiger partial charge >= 0.3 is 0 Å². The normalized spacial score (nSPS) is 40.9. The Labute approximate surface area is 55.7 Å². The number of rotatable bonds is 0. The van der Waals surface area contributed by atoms with Gasteiger partial charge in [0.15, 0.2) is 0 Å². The van der Waals surface area contributed by atoms with Crippen LogP contribution < -0.4 is 0 Å². The summed E-state index contributed by atoms with van der Waals surface area (Å²) >= 11 is 0. The van der Waals surface area contributed by atoms with Crippen molar-refractivity contribution in [3.63, 3.8) is 0 Å². The largest absolute Gasteiger partial charge is 0.381 e. The molecule has 0 amide bonds. The van der Waals surface area contributed by atoms with Gasteiger partial charge in [0.25, 0.3) is 0 Å². The van der Waals surface area contributed by atoms with Crippen molar-refractivity contribution in [2.45, 2.75) is 12.8 Å². The molecule has 0 N–H and O–H groups in total. The van der Waals surface area contributed by atoms with Gasteiger partial charge in [-0.1, -0.05) is 12.2 Å². The van der Waals surface area contributed by atoms with Gasteiger partial charge in [-0.05, 0) is 24.7 Å². The summed E-state index contributed by atoms with van der Waals surface area (Å²) in [6, 6.07) is 0. The third-order valence-electron chi connectivity index (χ3n) is 2.37. The maximum atomic E-state index is 5.35. The van der Waals surface area contributed by atoms with Gasteiger partial charge in [-0.25, -0.2) is 0 Å². The smallest absolute Gasteiger partial charge is 0.0500 e. The van der Waals surface area contributed by atoms with E-state index in [2.05, 4.69) is 12.2 Å². The van der Waals surface area contributed by atoms with Crippen LogP contribution >= 0.6 is 0 Å². The SMILES string of the molecule is C1=CC[C@H]2COC[C@H]2C1. The molecule has 2 rings (SSSR count). The summed E-state index contributed by atoms with van der Waals surface area (Å²) < 4.78 is 5.35. The average Bonchev–Trinajstić information content (AvgIpc) is 2.33. The minimum atomic E-state index is 0.856. The molecule has 0 bridgehead atoms. The molecule has 1 heteroatoms. The molecular weight excluding hydrogens is 112 g/mol. The Morgan fingerprint density at radius 2 is 1.56 bits per heavy atom. The number of hydrogen-bond acceptors (Lipinski definition) is 1. The molecule has 0 radical (unpaired) electrons. The topological polar surface area (TPSA) is 9.23 Å². The molecule has 1 saturated heterocycles. The molecule has 0 unspecified atom stereocenters. The molecule has 50 valence electrons. The van der Waals surface area contributed by atoms with Crippen molar-refractivity contribution in [2.75, 3.05) is 13.2 Å². The highest BCUT2D eigenvalue weighted by atomic mass is 16.5. The first-order chi connectivity index (χ1) is 4.47. The minimum absolute atomic E-state index is 0.856. The predicted octanol–water partition coefficient (Wildman–Crippen LogP) is 1.60. The van der Waals surface area contributed by atoms with Gasteiger partial charge in [-0.2, -0.15) is 0 Å². The standard InChI is InChI=1S/C8H12O/c1-2-4-8-6-9-5-7(8)3-1/h1-2,7-8H,3-6H2/t7-,8+. The van der Waals surface area contributed by atoms with Crippen LogP contribution in [0.1, 0.15) is 12.8 Å². The van der Waals surface area contributed by atoms with E-state index >= 15 is 0 Å². The van der Waals surface area contributed by atoms with Crippen LogP contribution in [0.4, 0.5) is 0 Å². The van der Waals surface area contributed by atoms with Crippen LogP contribution in [0, 0.1) is 11.8 Å². The first kappa shape index (κ1) is 5.48. The van der Waals surface area contributed by atoms with E-state index in [0.717, 1.165) is 25.0 Å². The van der Waals surface area contributed by atoms with Gasteiger partial charge in [0.2, 0.25) is 0 Å². The molecular formula is C8H12O. The van der Waals surface area contributed by atoms with Gasteiger partial charge in [-0.15, -0.1) is 0 Å². The maximum Gasteiger partial charge on any atom is 0.0500 e. The van der Waals surface area contributed by atoms with Crippen LogP contribution in [0.25, 0.3) is 0 Å². The quantitative estimate of drug-likeness (QED) is 0.446. The van der Waals surface area contributed by atoms with E-state index in [1.54, 1.807) is 0 Å². The summed E-state index contributed by atoms with van der Waals surface area (Å²) in [4.78, 5) is 0. The van der Waals surface area contributed by atoms with Gasteiger partial charge in [0.05, 0.1) is 13.2 Å². The molecule has 1 heterocycles. The lowest BCUT2D eigenvalue weighted by molar-refractivity contribution is 0.181. The molecule has 2 aliphatic rings. The molecule has 9 heavy (non-hydrogen) atoms. The van der Waals surface area contributed by atoms with Gasteiger partial charge < -0.3 is 4.74 Å². The summed E-state index contributed by atoms with van der Waals surface area (Å²) in [5, 5.41) is 0. The lowest BCUT2D eigenvalue weighted by atomic mass is 9.86. The van der Waals surface area contributed by atoms with E-state index in [4.69, 9.17) is 4.74 Å². The lowest BCUT2D eigenvalue weighted by Crippen LogP contribution is -2.13. The second-order valence-electron chi connectivity index (χ2n) is 3.00. The van der Waals surface area contributed by atoms with Crippen molar-refractivity contribution in [3.05, 3.63) is 12.2 Å². The van der Waals surface area contributed by atoms with Crippen LogP contribution in [-0.4, -0.2) is 13.2 Å². The van der Waals surface area contributed by atoms with Crippen LogP contribution in [0.2, 0.25) is 0 Å². The van der Waals surface area contributed by atoms with Gasteiger partial charge in [0, 0.05) is 0 Å². The number of allylic oxidation sites excluding steroid dienone is 2. The third kappa shape index (κ3) is 0.897. The summed E-state index contributed by atoms with van der Waals surface area (Å²) in [6.45, 7) is 2.02. The molecule has 0 spiro atoms. The van der Waals surface area contributed by atoms with Crippen molar-refractivity contribution in [1.82, 2.24) is 0 Å². The van der Waals surface area contributed by atoms with Gasteiger partial charge in [0.1, 0.15) is 0 Å². The van der Waals surface area contributed by atoms with Crippen LogP contribution in [-0.2, 0) is 4.74 Å². The number of hydrogen-bond donors (Lipinski definition) is 0. The Morgan fingerprint density at radius 1 is 1.00 bits per heavy atom. The first-order valence-electron chi connectivity index (χ1n) is 3.69. The zero-order chi connectivity index (χ0) is 6.10. The monoisotopic (exact) mass is 124 g/mol. The molecule has 1 aliphatic heterocycles. The summed E-state index contributed by atoms with van der Waals surface area (Å²) in [5.41, 5.74) is 0. The summed E-state index contributed by atoms with van der Waals surface area (Å²) in [6.07, 6.45) is 7.08. The first-order valence-corrected chi connectivity index (χ1v) is 3.69. The fourth-order valence-electron chi connectivity index (χ4n) is 1.71. The number of fused-ring (bicyclic) bond motifs is 1.